The van der Waals surface area contributed by atoms with Gasteiger partial charge in [-0.1, -0.05) is 0 Å². The molecule has 1 rings (SSSR count). The Labute approximate surface area is 85.4 Å². The van der Waals surface area contributed by atoms with Gasteiger partial charge in [0.1, 0.15) is 11.6 Å². The van der Waals surface area contributed by atoms with Crippen LogP contribution in [0, 0.1) is 0 Å². The van der Waals surface area contributed by atoms with Crippen molar-refractivity contribution in [2.45, 2.75) is 24.8 Å². The molecule has 0 saturated carbocycles. The van der Waals surface area contributed by atoms with Crippen LogP contribution in [0.5, 0.6) is 0 Å². The molecule has 0 aromatic rings. The van der Waals surface area contributed by atoms with Crippen LogP contribution in [0.2, 0.25) is 0 Å². The van der Waals surface area contributed by atoms with Crippen molar-refractivity contribution in [1.29, 1.82) is 0 Å². The molecule has 8 heteroatoms. The Kier molecular flexibility index (Phi) is 2.83. The van der Waals surface area contributed by atoms with Gasteiger partial charge in [-0.15, -0.1) is 0 Å². The number of rotatable bonds is 0. The minimum absolute atomic E-state index is 0.310. The Bertz CT molecular complexity index is 376. The summed E-state index contributed by atoms with van der Waals surface area (Å²) in [5.41, 5.74) is -1.26. The van der Waals surface area contributed by atoms with E-state index in [0.717, 1.165) is 0 Å². The summed E-state index contributed by atoms with van der Waals surface area (Å²) >= 11 is 0. The van der Waals surface area contributed by atoms with E-state index in [1.165, 1.54) is 0 Å². The molecule has 0 aliphatic heterocycles. The number of halogens is 7. The summed E-state index contributed by atoms with van der Waals surface area (Å²) in [6.07, 6.45) is -5.53. The molecule has 1 aliphatic rings. The van der Waals surface area contributed by atoms with Gasteiger partial charge in [0.2, 0.25) is 0 Å². The van der Waals surface area contributed by atoms with Crippen LogP contribution in [0.25, 0.3) is 0 Å². The van der Waals surface area contributed by atoms with Crippen LogP contribution in [0.15, 0.2) is 23.1 Å². The van der Waals surface area contributed by atoms with Gasteiger partial charge in [0, 0.05) is 0 Å². The molecule has 0 fully saturated rings. The van der Waals surface area contributed by atoms with E-state index in [1.807, 2.05) is 0 Å². The lowest BCUT2D eigenvalue weighted by Crippen LogP contribution is -2.47. The van der Waals surface area contributed by atoms with Gasteiger partial charge < -0.3 is 5.73 Å². The maximum atomic E-state index is 13.4. The molecule has 0 heterocycles. The van der Waals surface area contributed by atoms with Crippen molar-refractivity contribution in [3.8, 4) is 0 Å². The first-order chi connectivity index (χ1) is 7.01. The number of hydrogen-bond acceptors (Lipinski definition) is 1. The zero-order valence-electron chi connectivity index (χ0n) is 7.80. The molecule has 2 atom stereocenters. The van der Waals surface area contributed by atoms with Crippen molar-refractivity contribution >= 4 is 0 Å². The molecule has 2 N–H and O–H groups in total. The number of alkyl halides is 4. The van der Waals surface area contributed by atoms with Gasteiger partial charge in [0.15, 0.2) is 23.1 Å². The second-order valence-corrected chi connectivity index (χ2v) is 3.40. The van der Waals surface area contributed by atoms with Crippen molar-refractivity contribution in [1.82, 2.24) is 0 Å². The molecule has 0 bridgehead atoms. The Morgan fingerprint density at radius 1 is 1.19 bits per heavy atom. The topological polar surface area (TPSA) is 26.0 Å². The Balaban J connectivity index is 3.51. The maximum Gasteiger partial charge on any atom is 0.421 e. The third-order valence-corrected chi connectivity index (χ3v) is 2.22. The fraction of sp³-hybridized carbons (Fsp3) is 0.500. The van der Waals surface area contributed by atoms with E-state index in [2.05, 4.69) is 0 Å². The van der Waals surface area contributed by atoms with Crippen LogP contribution in [0.1, 0.15) is 6.92 Å². The predicted molar refractivity (Wildman–Crippen MR) is 40.9 cm³/mol. The highest BCUT2D eigenvalue weighted by molar-refractivity contribution is 5.45. The highest BCUT2D eigenvalue weighted by Gasteiger charge is 2.54. The third-order valence-electron chi connectivity index (χ3n) is 2.22. The van der Waals surface area contributed by atoms with Gasteiger partial charge in [-0.2, -0.15) is 13.2 Å². The molecule has 0 spiro atoms. The number of hydrogen-bond donors (Lipinski definition) is 1. The van der Waals surface area contributed by atoms with Gasteiger partial charge in [0.25, 0.3) is 0 Å². The molecule has 2 unspecified atom stereocenters. The predicted octanol–water partition coefficient (Wildman–Crippen LogP) is 2.99. The van der Waals surface area contributed by atoms with Gasteiger partial charge in [-0.3, -0.25) is 0 Å². The smallest absolute Gasteiger partial charge is 0.319 e. The van der Waals surface area contributed by atoms with E-state index >= 15 is 0 Å². The first kappa shape index (κ1) is 13.0. The minimum Gasteiger partial charge on any atom is -0.319 e. The second kappa shape index (κ2) is 3.47. The normalized spacial score (nSPS) is 32.4. The largest absolute Gasteiger partial charge is 0.421 e. The summed E-state index contributed by atoms with van der Waals surface area (Å²) in [4.78, 5) is 0. The number of allylic oxidation sites excluding steroid dienone is 2. The molecule has 0 aromatic heterocycles. The Morgan fingerprint density at radius 3 is 2.00 bits per heavy atom. The first-order valence-electron chi connectivity index (χ1n) is 3.98. The molecule has 0 radical (unpaired) electrons. The van der Waals surface area contributed by atoms with Gasteiger partial charge in [-0.25, -0.2) is 17.6 Å². The fourth-order valence-electron chi connectivity index (χ4n) is 1.22. The summed E-state index contributed by atoms with van der Waals surface area (Å²) in [6.45, 7) is 0.310. The van der Waals surface area contributed by atoms with Crippen LogP contribution < -0.4 is 5.73 Å². The van der Waals surface area contributed by atoms with Gasteiger partial charge >= 0.3 is 6.18 Å². The van der Waals surface area contributed by atoms with E-state index in [4.69, 9.17) is 5.73 Å². The first-order valence-corrected chi connectivity index (χ1v) is 3.98. The van der Waals surface area contributed by atoms with E-state index in [0.29, 0.717) is 6.92 Å². The van der Waals surface area contributed by atoms with Crippen molar-refractivity contribution in [2.24, 2.45) is 5.73 Å². The van der Waals surface area contributed by atoms with Crippen molar-refractivity contribution in [3.05, 3.63) is 23.1 Å². The van der Waals surface area contributed by atoms with Crippen LogP contribution in [0.4, 0.5) is 30.7 Å². The monoisotopic (exact) mass is 249 g/mol. The summed E-state index contributed by atoms with van der Waals surface area (Å²) in [5, 5.41) is 0. The molecule has 1 nitrogen and oxygen atoms in total. The molecule has 0 amide bonds. The minimum atomic E-state index is -5.53. The molecule has 92 valence electrons. The second-order valence-electron chi connectivity index (χ2n) is 3.40. The molecular formula is C8H6F7N. The summed E-state index contributed by atoms with van der Waals surface area (Å²) < 4.78 is 88.5. The van der Waals surface area contributed by atoms with Crippen LogP contribution in [-0.4, -0.2) is 17.9 Å². The number of nitrogens with two attached hydrogens (primary N) is 1. The van der Waals surface area contributed by atoms with Gasteiger partial charge in [0.05, 0.1) is 0 Å². The summed E-state index contributed by atoms with van der Waals surface area (Å²) in [5.74, 6) is -7.11. The Morgan fingerprint density at radius 2 is 1.62 bits per heavy atom. The average molecular weight is 249 g/mol. The molecule has 0 aromatic carbocycles. The fourth-order valence-corrected chi connectivity index (χ4v) is 1.22. The van der Waals surface area contributed by atoms with Crippen LogP contribution >= 0.6 is 0 Å². The summed E-state index contributed by atoms with van der Waals surface area (Å²) in [7, 11) is 0. The third kappa shape index (κ3) is 1.70. The highest BCUT2D eigenvalue weighted by Crippen LogP contribution is 2.46. The lowest BCUT2D eigenvalue weighted by Gasteiger charge is -2.31. The Hall–Kier alpha value is -1.05. The zero-order chi connectivity index (χ0) is 12.9. The molecule has 0 saturated heterocycles. The standard InChI is InChI=1S/C8H6F7N/c1-7(12)5(11)2(8(13,14)15)3(9)4(10)6(7)16/h6H,16H2,1H3. The summed E-state index contributed by atoms with van der Waals surface area (Å²) in [6, 6.07) is -2.43. The van der Waals surface area contributed by atoms with Crippen molar-refractivity contribution < 1.29 is 30.7 Å². The lowest BCUT2D eigenvalue weighted by atomic mass is 9.87. The van der Waals surface area contributed by atoms with Crippen LogP contribution in [-0.2, 0) is 0 Å². The lowest BCUT2D eigenvalue weighted by molar-refractivity contribution is -0.0965. The van der Waals surface area contributed by atoms with Crippen molar-refractivity contribution in [2.75, 3.05) is 0 Å². The van der Waals surface area contributed by atoms with Gasteiger partial charge in [-0.05, 0) is 6.92 Å². The molecular weight excluding hydrogens is 243 g/mol. The van der Waals surface area contributed by atoms with Crippen LogP contribution in [0.3, 0.4) is 0 Å². The SMILES string of the molecule is CC1(F)C(F)=C(C(F)(F)F)C(F)=C(F)C1N. The van der Waals surface area contributed by atoms with E-state index in [9.17, 15) is 30.7 Å². The highest BCUT2D eigenvalue weighted by atomic mass is 19.4. The van der Waals surface area contributed by atoms with Crippen molar-refractivity contribution in [3.63, 3.8) is 0 Å². The molecule has 1 aliphatic carbocycles. The molecule has 16 heavy (non-hydrogen) atoms. The van der Waals surface area contributed by atoms with E-state index < -0.39 is 40.9 Å². The van der Waals surface area contributed by atoms with E-state index in [-0.39, 0.29) is 0 Å². The average Bonchev–Trinajstić information content (AvgIpc) is 2.11. The quantitative estimate of drug-likeness (QED) is 0.656. The van der Waals surface area contributed by atoms with E-state index in [1.54, 1.807) is 0 Å². The zero-order valence-corrected chi connectivity index (χ0v) is 7.80. The maximum absolute atomic E-state index is 13.4.